The molecule has 1 aromatic heterocycles. The summed E-state index contributed by atoms with van der Waals surface area (Å²) in [7, 11) is 0. The monoisotopic (exact) mass is 262 g/mol. The summed E-state index contributed by atoms with van der Waals surface area (Å²) in [6.45, 7) is 5.96. The second kappa shape index (κ2) is 5.59. The maximum atomic E-state index is 6.20. The predicted octanol–water partition coefficient (Wildman–Crippen LogP) is 3.39. The van der Waals surface area contributed by atoms with Crippen LogP contribution in [0, 0.1) is 20.8 Å². The van der Waals surface area contributed by atoms with Crippen molar-refractivity contribution in [2.24, 2.45) is 5.73 Å². The van der Waals surface area contributed by atoms with Crippen LogP contribution in [0.1, 0.15) is 28.6 Å². The zero-order chi connectivity index (χ0) is 13.1. The molecule has 0 bridgehead atoms. The van der Waals surface area contributed by atoms with Crippen molar-refractivity contribution in [3.8, 4) is 0 Å². The number of oxazole rings is 1. The molecule has 1 aromatic carbocycles. The van der Waals surface area contributed by atoms with E-state index < -0.39 is 0 Å². The minimum atomic E-state index is 0.00344. The fraction of sp³-hybridized carbons (Fsp3) is 0.357. The summed E-state index contributed by atoms with van der Waals surface area (Å²) in [5.74, 6) is 1.64. The van der Waals surface area contributed by atoms with Crippen molar-refractivity contribution in [3.05, 3.63) is 46.8 Å². The lowest BCUT2D eigenvalue weighted by Crippen LogP contribution is -2.14. The van der Waals surface area contributed by atoms with Crippen LogP contribution in [0.2, 0.25) is 0 Å². The molecule has 0 spiro atoms. The van der Waals surface area contributed by atoms with Crippen molar-refractivity contribution in [3.63, 3.8) is 0 Å². The molecule has 0 radical (unpaired) electrons. The molecule has 1 unspecified atom stereocenters. The highest BCUT2D eigenvalue weighted by atomic mass is 32.2. The molecule has 2 aromatic rings. The zero-order valence-electron chi connectivity index (χ0n) is 10.9. The third-order valence-corrected chi connectivity index (χ3v) is 3.93. The molecule has 18 heavy (non-hydrogen) atoms. The van der Waals surface area contributed by atoms with Crippen LogP contribution >= 0.6 is 11.8 Å². The van der Waals surface area contributed by atoms with E-state index in [0.29, 0.717) is 5.22 Å². The molecule has 4 heteroatoms. The SMILES string of the molecule is Cc1ccccc1C(N)CSc1nc(C)c(C)o1. The zero-order valence-corrected chi connectivity index (χ0v) is 11.8. The Bertz CT molecular complexity index is 517. The maximum absolute atomic E-state index is 6.20. The second-order valence-electron chi connectivity index (χ2n) is 4.40. The fourth-order valence-corrected chi connectivity index (χ4v) is 2.65. The van der Waals surface area contributed by atoms with Crippen LogP contribution in [0.4, 0.5) is 0 Å². The Balaban J connectivity index is 2.00. The summed E-state index contributed by atoms with van der Waals surface area (Å²) in [6.07, 6.45) is 0. The molecule has 0 aliphatic carbocycles. The summed E-state index contributed by atoms with van der Waals surface area (Å²) in [5, 5.41) is 0.703. The topological polar surface area (TPSA) is 52.0 Å². The molecule has 0 aliphatic rings. The van der Waals surface area contributed by atoms with Crippen molar-refractivity contribution >= 4 is 11.8 Å². The van der Waals surface area contributed by atoms with Crippen molar-refractivity contribution in [1.82, 2.24) is 4.98 Å². The van der Waals surface area contributed by atoms with E-state index in [1.807, 2.05) is 26.0 Å². The highest BCUT2D eigenvalue weighted by molar-refractivity contribution is 7.99. The van der Waals surface area contributed by atoms with Crippen LogP contribution in [0.15, 0.2) is 33.9 Å². The minimum absolute atomic E-state index is 0.00344. The van der Waals surface area contributed by atoms with Gasteiger partial charge in [-0.05, 0) is 31.9 Å². The molecule has 2 N–H and O–H groups in total. The van der Waals surface area contributed by atoms with Gasteiger partial charge < -0.3 is 10.2 Å². The lowest BCUT2D eigenvalue weighted by Gasteiger charge is -2.12. The molecule has 0 aliphatic heterocycles. The van der Waals surface area contributed by atoms with E-state index in [4.69, 9.17) is 10.2 Å². The molecule has 0 fully saturated rings. The number of benzene rings is 1. The van der Waals surface area contributed by atoms with E-state index in [1.165, 1.54) is 11.1 Å². The van der Waals surface area contributed by atoms with E-state index in [-0.39, 0.29) is 6.04 Å². The number of rotatable bonds is 4. The average molecular weight is 262 g/mol. The third-order valence-electron chi connectivity index (χ3n) is 2.98. The van der Waals surface area contributed by atoms with Crippen LogP contribution in [-0.2, 0) is 0 Å². The lowest BCUT2D eigenvalue weighted by atomic mass is 10.0. The summed E-state index contributed by atoms with van der Waals surface area (Å²) in [6, 6.07) is 8.21. The van der Waals surface area contributed by atoms with Gasteiger partial charge in [0.25, 0.3) is 5.22 Å². The van der Waals surface area contributed by atoms with Crippen LogP contribution in [0.25, 0.3) is 0 Å². The summed E-state index contributed by atoms with van der Waals surface area (Å²) in [4.78, 5) is 4.34. The molecule has 3 nitrogen and oxygen atoms in total. The standard InChI is InChI=1S/C14H18N2OS/c1-9-6-4-5-7-12(9)13(15)8-18-14-16-10(2)11(3)17-14/h4-7,13H,8,15H2,1-3H3. The summed E-state index contributed by atoms with van der Waals surface area (Å²) >= 11 is 1.56. The van der Waals surface area contributed by atoms with Crippen molar-refractivity contribution in [2.45, 2.75) is 32.0 Å². The first-order valence-electron chi connectivity index (χ1n) is 5.96. The number of thioether (sulfide) groups is 1. The Morgan fingerprint density at radius 3 is 2.61 bits per heavy atom. The molecule has 2 rings (SSSR count). The van der Waals surface area contributed by atoms with E-state index in [2.05, 4.69) is 24.0 Å². The molecule has 1 atom stereocenters. The van der Waals surface area contributed by atoms with Gasteiger partial charge in [-0.2, -0.15) is 0 Å². The first-order chi connectivity index (χ1) is 8.58. The van der Waals surface area contributed by atoms with Crippen LogP contribution in [0.5, 0.6) is 0 Å². The predicted molar refractivity (Wildman–Crippen MR) is 74.8 cm³/mol. The van der Waals surface area contributed by atoms with E-state index >= 15 is 0 Å². The molecule has 0 saturated heterocycles. The van der Waals surface area contributed by atoms with Gasteiger partial charge in [-0.3, -0.25) is 0 Å². The van der Waals surface area contributed by atoms with Crippen LogP contribution in [-0.4, -0.2) is 10.7 Å². The number of nitrogens with zero attached hydrogens (tertiary/aromatic N) is 1. The Labute approximate surface area is 112 Å². The van der Waals surface area contributed by atoms with E-state index in [9.17, 15) is 0 Å². The molecule has 96 valence electrons. The molecular weight excluding hydrogens is 244 g/mol. The molecule has 1 heterocycles. The number of nitrogens with two attached hydrogens (primary N) is 1. The lowest BCUT2D eigenvalue weighted by molar-refractivity contribution is 0.431. The normalized spacial score (nSPS) is 12.7. The van der Waals surface area contributed by atoms with Gasteiger partial charge in [-0.1, -0.05) is 36.0 Å². The quantitative estimate of drug-likeness (QED) is 0.858. The van der Waals surface area contributed by atoms with Gasteiger partial charge in [0.2, 0.25) is 0 Å². The second-order valence-corrected chi connectivity index (χ2v) is 5.37. The average Bonchev–Trinajstić information content (AvgIpc) is 2.66. The Morgan fingerprint density at radius 2 is 2.00 bits per heavy atom. The first-order valence-corrected chi connectivity index (χ1v) is 6.94. The Morgan fingerprint density at radius 1 is 1.28 bits per heavy atom. The largest absolute Gasteiger partial charge is 0.437 e. The van der Waals surface area contributed by atoms with Gasteiger partial charge in [0.1, 0.15) is 5.76 Å². The van der Waals surface area contributed by atoms with Crippen LogP contribution in [0.3, 0.4) is 0 Å². The molecule has 0 amide bonds. The van der Waals surface area contributed by atoms with E-state index in [0.717, 1.165) is 17.2 Å². The van der Waals surface area contributed by atoms with E-state index in [1.54, 1.807) is 11.8 Å². The minimum Gasteiger partial charge on any atom is -0.437 e. The smallest absolute Gasteiger partial charge is 0.256 e. The van der Waals surface area contributed by atoms with Crippen molar-refractivity contribution < 1.29 is 4.42 Å². The van der Waals surface area contributed by atoms with Gasteiger partial charge in [0, 0.05) is 11.8 Å². The third kappa shape index (κ3) is 2.94. The fourth-order valence-electron chi connectivity index (χ4n) is 1.76. The highest BCUT2D eigenvalue weighted by Gasteiger charge is 2.12. The summed E-state index contributed by atoms with van der Waals surface area (Å²) < 4.78 is 5.53. The summed E-state index contributed by atoms with van der Waals surface area (Å²) in [5.41, 5.74) is 9.56. The Hall–Kier alpha value is -1.26. The number of hydrogen-bond donors (Lipinski definition) is 1. The van der Waals surface area contributed by atoms with Gasteiger partial charge in [0.15, 0.2) is 0 Å². The van der Waals surface area contributed by atoms with Gasteiger partial charge in [-0.25, -0.2) is 4.98 Å². The number of aromatic nitrogens is 1. The number of aryl methyl sites for hydroxylation is 3. The van der Waals surface area contributed by atoms with Crippen LogP contribution < -0.4 is 5.73 Å². The van der Waals surface area contributed by atoms with Gasteiger partial charge in [0.05, 0.1) is 5.69 Å². The number of hydrogen-bond acceptors (Lipinski definition) is 4. The molecular formula is C14H18N2OS. The van der Waals surface area contributed by atoms with Crippen molar-refractivity contribution in [1.29, 1.82) is 0 Å². The van der Waals surface area contributed by atoms with Gasteiger partial charge >= 0.3 is 0 Å². The highest BCUT2D eigenvalue weighted by Crippen LogP contribution is 2.25. The molecule has 0 saturated carbocycles. The van der Waals surface area contributed by atoms with Gasteiger partial charge in [-0.15, -0.1) is 0 Å². The Kier molecular flexibility index (Phi) is 4.09. The first kappa shape index (κ1) is 13.2. The maximum Gasteiger partial charge on any atom is 0.256 e. The van der Waals surface area contributed by atoms with Crippen molar-refractivity contribution in [2.75, 3.05) is 5.75 Å².